The number of hydrogen-bond acceptors (Lipinski definition) is 2. The molecule has 4 nitrogen and oxygen atoms in total. The van der Waals surface area contributed by atoms with Crippen molar-refractivity contribution in [3.8, 4) is 0 Å². The monoisotopic (exact) mass is 289 g/mol. The molecule has 0 bridgehead atoms. The highest BCUT2D eigenvalue weighted by molar-refractivity contribution is 6.42. The number of rotatable bonds is 4. The van der Waals surface area contributed by atoms with Gasteiger partial charge in [-0.3, -0.25) is 9.59 Å². The largest absolute Gasteiger partial charge is 0.481 e. The van der Waals surface area contributed by atoms with Gasteiger partial charge in [0.2, 0.25) is 5.91 Å². The zero-order chi connectivity index (χ0) is 13.9. The van der Waals surface area contributed by atoms with Crippen molar-refractivity contribution in [2.24, 2.45) is 5.92 Å². The van der Waals surface area contributed by atoms with Crippen molar-refractivity contribution in [2.75, 3.05) is 11.4 Å². The highest BCUT2D eigenvalue weighted by Crippen LogP contribution is 2.27. The van der Waals surface area contributed by atoms with Crippen LogP contribution in [0, 0.1) is 5.92 Å². The van der Waals surface area contributed by atoms with Crippen LogP contribution >= 0.6 is 23.2 Å². The summed E-state index contributed by atoms with van der Waals surface area (Å²) in [7, 11) is 0. The molecule has 0 saturated carbocycles. The van der Waals surface area contributed by atoms with E-state index < -0.39 is 11.9 Å². The molecule has 0 aliphatic heterocycles. The Morgan fingerprint density at radius 3 is 2.39 bits per heavy atom. The fraction of sp³-hybridized carbons (Fsp3) is 0.333. The van der Waals surface area contributed by atoms with Crippen molar-refractivity contribution >= 4 is 40.8 Å². The number of carbonyl (C=O) groups is 2. The summed E-state index contributed by atoms with van der Waals surface area (Å²) < 4.78 is 0. The van der Waals surface area contributed by atoms with Gasteiger partial charge in [0.05, 0.1) is 16.0 Å². The van der Waals surface area contributed by atoms with Gasteiger partial charge < -0.3 is 10.0 Å². The zero-order valence-electron chi connectivity index (χ0n) is 9.98. The van der Waals surface area contributed by atoms with Crippen LogP contribution in [0.3, 0.4) is 0 Å². The zero-order valence-corrected chi connectivity index (χ0v) is 11.5. The highest BCUT2D eigenvalue weighted by Gasteiger charge is 2.20. The van der Waals surface area contributed by atoms with Crippen LogP contribution < -0.4 is 4.90 Å². The first-order valence-corrected chi connectivity index (χ1v) is 6.04. The Bertz CT molecular complexity index is 476. The highest BCUT2D eigenvalue weighted by atomic mass is 35.5. The average molecular weight is 290 g/mol. The molecular weight excluding hydrogens is 277 g/mol. The first-order valence-electron chi connectivity index (χ1n) is 5.29. The van der Waals surface area contributed by atoms with E-state index in [1.807, 2.05) is 0 Å². The van der Waals surface area contributed by atoms with E-state index in [0.717, 1.165) is 0 Å². The van der Waals surface area contributed by atoms with Crippen LogP contribution in [0.25, 0.3) is 0 Å². The van der Waals surface area contributed by atoms with Gasteiger partial charge in [0.15, 0.2) is 0 Å². The first-order chi connectivity index (χ1) is 8.32. The number of amides is 1. The molecule has 0 saturated heterocycles. The number of carboxylic acid groups (broad SMARTS) is 1. The van der Waals surface area contributed by atoms with Crippen LogP contribution in [0.5, 0.6) is 0 Å². The molecule has 0 aliphatic carbocycles. The Morgan fingerprint density at radius 1 is 1.33 bits per heavy atom. The molecule has 0 fully saturated rings. The molecule has 1 amide bonds. The average Bonchev–Trinajstić information content (AvgIpc) is 2.29. The van der Waals surface area contributed by atoms with Gasteiger partial charge in [-0.15, -0.1) is 0 Å². The molecular formula is C12H13Cl2NO3. The number of halogens is 2. The number of carbonyl (C=O) groups excluding carboxylic acids is 1. The smallest absolute Gasteiger partial charge is 0.308 e. The van der Waals surface area contributed by atoms with Gasteiger partial charge in [-0.25, -0.2) is 0 Å². The second-order valence-electron chi connectivity index (χ2n) is 3.97. The lowest BCUT2D eigenvalue weighted by molar-refractivity contribution is -0.140. The fourth-order valence-electron chi connectivity index (χ4n) is 1.42. The van der Waals surface area contributed by atoms with E-state index in [1.165, 1.54) is 18.7 Å². The lowest BCUT2D eigenvalue weighted by Crippen LogP contribution is -2.35. The SMILES string of the molecule is CC(=O)N(CC(C)C(=O)O)c1ccc(Cl)c(Cl)c1. The van der Waals surface area contributed by atoms with Crippen LogP contribution in [0.4, 0.5) is 5.69 Å². The predicted molar refractivity (Wildman–Crippen MR) is 71.3 cm³/mol. The summed E-state index contributed by atoms with van der Waals surface area (Å²) >= 11 is 11.7. The number of carboxylic acids is 1. The van der Waals surface area contributed by atoms with Crippen LogP contribution in [0.1, 0.15) is 13.8 Å². The Morgan fingerprint density at radius 2 is 1.94 bits per heavy atom. The van der Waals surface area contributed by atoms with E-state index in [9.17, 15) is 9.59 Å². The van der Waals surface area contributed by atoms with Gasteiger partial charge in [-0.05, 0) is 18.2 Å². The molecule has 0 aromatic heterocycles. The number of anilines is 1. The summed E-state index contributed by atoms with van der Waals surface area (Å²) in [5.41, 5.74) is 0.532. The minimum Gasteiger partial charge on any atom is -0.481 e. The Hall–Kier alpha value is -1.26. The number of nitrogens with zero attached hydrogens (tertiary/aromatic N) is 1. The van der Waals surface area contributed by atoms with E-state index in [0.29, 0.717) is 15.7 Å². The molecule has 18 heavy (non-hydrogen) atoms. The van der Waals surface area contributed by atoms with Crippen molar-refractivity contribution in [3.05, 3.63) is 28.2 Å². The summed E-state index contributed by atoms with van der Waals surface area (Å²) in [6, 6.07) is 4.74. The third-order valence-corrected chi connectivity index (χ3v) is 3.21. The standard InChI is InChI=1S/C12H13Cl2NO3/c1-7(12(17)18)6-15(8(2)16)9-3-4-10(13)11(14)5-9/h3-5,7H,6H2,1-2H3,(H,17,18). The van der Waals surface area contributed by atoms with E-state index in [-0.39, 0.29) is 12.5 Å². The molecule has 1 atom stereocenters. The second-order valence-corrected chi connectivity index (χ2v) is 4.78. The fourth-order valence-corrected chi connectivity index (χ4v) is 1.71. The Kier molecular flexibility index (Phi) is 4.99. The molecule has 0 aliphatic rings. The Balaban J connectivity index is 3.01. The van der Waals surface area contributed by atoms with Gasteiger partial charge in [0.1, 0.15) is 0 Å². The molecule has 0 heterocycles. The van der Waals surface area contributed by atoms with Crippen LogP contribution in [0.15, 0.2) is 18.2 Å². The van der Waals surface area contributed by atoms with E-state index in [1.54, 1.807) is 18.2 Å². The van der Waals surface area contributed by atoms with Gasteiger partial charge in [-0.2, -0.15) is 0 Å². The molecule has 1 aromatic rings. The summed E-state index contributed by atoms with van der Waals surface area (Å²) in [5, 5.41) is 9.58. The first kappa shape index (κ1) is 14.8. The Labute approximate surface area is 115 Å². The topological polar surface area (TPSA) is 57.6 Å². The van der Waals surface area contributed by atoms with E-state index in [4.69, 9.17) is 28.3 Å². The van der Waals surface area contributed by atoms with Crippen LogP contribution in [-0.4, -0.2) is 23.5 Å². The second kappa shape index (κ2) is 6.07. The molecule has 1 unspecified atom stereocenters. The van der Waals surface area contributed by atoms with Crippen molar-refractivity contribution in [1.29, 1.82) is 0 Å². The van der Waals surface area contributed by atoms with E-state index in [2.05, 4.69) is 0 Å². The minimum absolute atomic E-state index is 0.0859. The third kappa shape index (κ3) is 3.62. The minimum atomic E-state index is -0.957. The summed E-state index contributed by atoms with van der Waals surface area (Å²) in [6.45, 7) is 3.00. The van der Waals surface area contributed by atoms with Gasteiger partial charge in [-0.1, -0.05) is 30.1 Å². The number of hydrogen-bond donors (Lipinski definition) is 1. The number of benzene rings is 1. The lowest BCUT2D eigenvalue weighted by Gasteiger charge is -2.23. The summed E-state index contributed by atoms with van der Waals surface area (Å²) in [6.07, 6.45) is 0. The molecule has 1 N–H and O–H groups in total. The van der Waals surface area contributed by atoms with Crippen molar-refractivity contribution in [2.45, 2.75) is 13.8 Å². The predicted octanol–water partition coefficient (Wildman–Crippen LogP) is 3.07. The number of aliphatic carboxylic acids is 1. The quantitative estimate of drug-likeness (QED) is 0.927. The van der Waals surface area contributed by atoms with Gasteiger partial charge in [0.25, 0.3) is 0 Å². The molecule has 98 valence electrons. The molecule has 0 radical (unpaired) electrons. The maximum atomic E-state index is 11.6. The normalized spacial score (nSPS) is 12.0. The van der Waals surface area contributed by atoms with Crippen molar-refractivity contribution in [3.63, 3.8) is 0 Å². The molecule has 1 aromatic carbocycles. The summed E-state index contributed by atoms with van der Waals surface area (Å²) in [5.74, 6) is -1.87. The van der Waals surface area contributed by atoms with Crippen molar-refractivity contribution in [1.82, 2.24) is 0 Å². The lowest BCUT2D eigenvalue weighted by atomic mass is 10.1. The molecule has 6 heteroatoms. The van der Waals surface area contributed by atoms with Gasteiger partial charge in [0, 0.05) is 19.2 Å². The third-order valence-electron chi connectivity index (χ3n) is 2.47. The van der Waals surface area contributed by atoms with Gasteiger partial charge >= 0.3 is 5.97 Å². The van der Waals surface area contributed by atoms with Crippen LogP contribution in [-0.2, 0) is 9.59 Å². The maximum absolute atomic E-state index is 11.6. The summed E-state index contributed by atoms with van der Waals surface area (Å²) in [4.78, 5) is 23.7. The molecule has 1 rings (SSSR count). The van der Waals surface area contributed by atoms with Crippen molar-refractivity contribution < 1.29 is 14.7 Å². The van der Waals surface area contributed by atoms with E-state index >= 15 is 0 Å². The molecule has 0 spiro atoms. The maximum Gasteiger partial charge on any atom is 0.308 e. The van der Waals surface area contributed by atoms with Crippen LogP contribution in [0.2, 0.25) is 10.0 Å².